The van der Waals surface area contributed by atoms with Gasteiger partial charge in [0.25, 0.3) is 0 Å². The number of ether oxygens (including phenoxy) is 1. The molecule has 0 fully saturated rings. The number of carbonyl (C=O) groups is 1. The number of aldehydes is 1. The molecule has 76 valence electrons. The minimum Gasteiger partial charge on any atom is -0.505 e. The minimum absolute atomic E-state index is 0.321. The number of carbonyl (C=O) groups excluding carboxylic acids is 1. The molecule has 0 aromatic heterocycles. The molecule has 0 bridgehead atoms. The first-order valence-corrected chi connectivity index (χ1v) is 4.18. The molecule has 1 aromatic carbocycles. The number of phenols is 1. The van der Waals surface area contributed by atoms with E-state index in [0.29, 0.717) is 24.2 Å². The largest absolute Gasteiger partial charge is 0.505 e. The van der Waals surface area contributed by atoms with Gasteiger partial charge in [0, 0.05) is 12.5 Å². The van der Waals surface area contributed by atoms with Crippen LogP contribution in [0.3, 0.4) is 0 Å². The molecule has 0 spiro atoms. The molecule has 14 heavy (non-hydrogen) atoms. The van der Waals surface area contributed by atoms with Gasteiger partial charge in [0.15, 0.2) is 11.6 Å². The lowest BCUT2D eigenvalue weighted by molar-refractivity contribution is -0.107. The summed E-state index contributed by atoms with van der Waals surface area (Å²) in [7, 11) is 1.41. The fraction of sp³-hybridized carbons (Fsp3) is 0.300. The average Bonchev–Trinajstić information content (AvgIpc) is 2.19. The molecule has 0 amide bonds. The Kier molecular flexibility index (Phi) is 3.45. The quantitative estimate of drug-likeness (QED) is 0.748. The Hall–Kier alpha value is -1.58. The molecule has 1 aromatic rings. The van der Waals surface area contributed by atoms with Crippen LogP contribution in [0.25, 0.3) is 0 Å². The van der Waals surface area contributed by atoms with Gasteiger partial charge in [-0.1, -0.05) is 0 Å². The summed E-state index contributed by atoms with van der Waals surface area (Å²) in [5.41, 5.74) is 0.624. The van der Waals surface area contributed by atoms with Crippen LogP contribution in [-0.2, 0) is 11.2 Å². The zero-order chi connectivity index (χ0) is 10.6. The van der Waals surface area contributed by atoms with E-state index < -0.39 is 11.6 Å². The number of hydrogen-bond donors (Lipinski definition) is 1. The molecule has 0 aliphatic rings. The second-order valence-electron chi connectivity index (χ2n) is 2.82. The maximum atomic E-state index is 12.9. The lowest BCUT2D eigenvalue weighted by Gasteiger charge is -2.08. The SMILES string of the molecule is COc1cc(F)c(O)cc1CCC=O. The third-order valence-electron chi connectivity index (χ3n) is 1.88. The molecular weight excluding hydrogens is 187 g/mol. The van der Waals surface area contributed by atoms with Crippen LogP contribution in [0.5, 0.6) is 11.5 Å². The molecular formula is C10H11FO3. The van der Waals surface area contributed by atoms with Crippen LogP contribution in [0, 0.1) is 5.82 Å². The van der Waals surface area contributed by atoms with Gasteiger partial charge in [-0.05, 0) is 18.1 Å². The molecule has 0 saturated carbocycles. The normalized spacial score (nSPS) is 9.86. The summed E-state index contributed by atoms with van der Waals surface area (Å²) in [6, 6.07) is 2.38. The first-order valence-electron chi connectivity index (χ1n) is 4.18. The Morgan fingerprint density at radius 2 is 2.29 bits per heavy atom. The lowest BCUT2D eigenvalue weighted by atomic mass is 10.1. The molecule has 0 saturated heterocycles. The van der Waals surface area contributed by atoms with Crippen molar-refractivity contribution in [2.24, 2.45) is 0 Å². The summed E-state index contributed by atoms with van der Waals surface area (Å²) in [5.74, 6) is -0.800. The van der Waals surface area contributed by atoms with Gasteiger partial charge in [-0.3, -0.25) is 0 Å². The van der Waals surface area contributed by atoms with Crippen molar-refractivity contribution in [3.05, 3.63) is 23.5 Å². The monoisotopic (exact) mass is 198 g/mol. The summed E-state index contributed by atoms with van der Waals surface area (Å²) in [5, 5.41) is 9.10. The van der Waals surface area contributed by atoms with Crippen LogP contribution in [0.15, 0.2) is 12.1 Å². The van der Waals surface area contributed by atoms with Crippen LogP contribution < -0.4 is 4.74 Å². The highest BCUT2D eigenvalue weighted by molar-refractivity contribution is 5.51. The second kappa shape index (κ2) is 4.60. The summed E-state index contributed by atoms with van der Waals surface area (Å²) in [4.78, 5) is 10.2. The molecule has 0 aliphatic heterocycles. The van der Waals surface area contributed by atoms with E-state index in [0.717, 1.165) is 12.4 Å². The number of hydrogen-bond acceptors (Lipinski definition) is 3. The van der Waals surface area contributed by atoms with Crippen molar-refractivity contribution in [2.45, 2.75) is 12.8 Å². The van der Waals surface area contributed by atoms with Crippen molar-refractivity contribution >= 4 is 6.29 Å². The van der Waals surface area contributed by atoms with E-state index in [1.54, 1.807) is 0 Å². The van der Waals surface area contributed by atoms with Gasteiger partial charge in [0.1, 0.15) is 12.0 Å². The molecule has 4 heteroatoms. The molecule has 0 aliphatic carbocycles. The molecule has 0 unspecified atom stereocenters. The third kappa shape index (κ3) is 2.22. The minimum atomic E-state index is -0.725. The van der Waals surface area contributed by atoms with E-state index in [-0.39, 0.29) is 0 Å². The van der Waals surface area contributed by atoms with Crippen molar-refractivity contribution in [3.8, 4) is 11.5 Å². The summed E-state index contributed by atoms with van der Waals surface area (Å²) in [6.45, 7) is 0. The topological polar surface area (TPSA) is 46.5 Å². The number of aromatic hydroxyl groups is 1. The Morgan fingerprint density at radius 1 is 1.57 bits per heavy atom. The number of benzene rings is 1. The number of phenolic OH excluding ortho intramolecular Hbond substituents is 1. The molecule has 1 N–H and O–H groups in total. The zero-order valence-electron chi connectivity index (χ0n) is 7.79. The Bertz CT molecular complexity index is 336. The first kappa shape index (κ1) is 10.5. The maximum absolute atomic E-state index is 12.9. The highest BCUT2D eigenvalue weighted by Crippen LogP contribution is 2.27. The average molecular weight is 198 g/mol. The van der Waals surface area contributed by atoms with E-state index in [2.05, 4.69) is 0 Å². The van der Waals surface area contributed by atoms with Crippen LogP contribution in [0.2, 0.25) is 0 Å². The van der Waals surface area contributed by atoms with Crippen molar-refractivity contribution in [2.75, 3.05) is 7.11 Å². The van der Waals surface area contributed by atoms with Crippen molar-refractivity contribution in [1.29, 1.82) is 0 Å². The smallest absolute Gasteiger partial charge is 0.168 e. The molecule has 3 nitrogen and oxygen atoms in total. The summed E-state index contributed by atoms with van der Waals surface area (Å²) < 4.78 is 17.8. The van der Waals surface area contributed by atoms with E-state index in [1.807, 2.05) is 0 Å². The Labute approximate surface area is 81.1 Å². The third-order valence-corrected chi connectivity index (χ3v) is 1.88. The number of aryl methyl sites for hydroxylation is 1. The fourth-order valence-electron chi connectivity index (χ4n) is 1.19. The van der Waals surface area contributed by atoms with Gasteiger partial charge in [-0.25, -0.2) is 4.39 Å². The summed E-state index contributed by atoms with van der Waals surface area (Å²) in [6.07, 6.45) is 1.52. The predicted molar refractivity (Wildman–Crippen MR) is 49.0 cm³/mol. The highest BCUT2D eigenvalue weighted by Gasteiger charge is 2.08. The van der Waals surface area contributed by atoms with Crippen LogP contribution in [0.4, 0.5) is 4.39 Å². The number of methoxy groups -OCH3 is 1. The van der Waals surface area contributed by atoms with E-state index in [4.69, 9.17) is 9.84 Å². The molecule has 0 heterocycles. The van der Waals surface area contributed by atoms with Crippen LogP contribution in [-0.4, -0.2) is 18.5 Å². The fourth-order valence-corrected chi connectivity index (χ4v) is 1.19. The Balaban J connectivity index is 3.00. The zero-order valence-corrected chi connectivity index (χ0v) is 7.79. The summed E-state index contributed by atoms with van der Waals surface area (Å²) >= 11 is 0. The standard InChI is InChI=1S/C10H11FO3/c1-14-10-6-8(11)9(13)5-7(10)3-2-4-12/h4-6,13H,2-3H2,1H3. The van der Waals surface area contributed by atoms with Crippen LogP contribution >= 0.6 is 0 Å². The maximum Gasteiger partial charge on any atom is 0.168 e. The van der Waals surface area contributed by atoms with E-state index in [9.17, 15) is 9.18 Å². The van der Waals surface area contributed by atoms with Gasteiger partial charge >= 0.3 is 0 Å². The second-order valence-corrected chi connectivity index (χ2v) is 2.82. The van der Waals surface area contributed by atoms with Crippen molar-refractivity contribution in [3.63, 3.8) is 0 Å². The van der Waals surface area contributed by atoms with Gasteiger partial charge in [-0.15, -0.1) is 0 Å². The van der Waals surface area contributed by atoms with Crippen molar-refractivity contribution < 1.29 is 19.0 Å². The van der Waals surface area contributed by atoms with E-state index >= 15 is 0 Å². The van der Waals surface area contributed by atoms with Crippen LogP contribution in [0.1, 0.15) is 12.0 Å². The van der Waals surface area contributed by atoms with Gasteiger partial charge in [0.05, 0.1) is 7.11 Å². The van der Waals surface area contributed by atoms with E-state index in [1.165, 1.54) is 13.2 Å². The predicted octanol–water partition coefficient (Wildman–Crippen LogP) is 1.67. The highest BCUT2D eigenvalue weighted by atomic mass is 19.1. The van der Waals surface area contributed by atoms with Gasteiger partial charge < -0.3 is 14.6 Å². The molecule has 0 atom stereocenters. The number of halogens is 1. The number of rotatable bonds is 4. The lowest BCUT2D eigenvalue weighted by Crippen LogP contribution is -1.94. The van der Waals surface area contributed by atoms with Crippen molar-refractivity contribution in [1.82, 2.24) is 0 Å². The van der Waals surface area contributed by atoms with Gasteiger partial charge in [0.2, 0.25) is 0 Å². The van der Waals surface area contributed by atoms with Gasteiger partial charge in [-0.2, -0.15) is 0 Å². The molecule has 1 rings (SSSR count). The Morgan fingerprint density at radius 3 is 2.86 bits per heavy atom. The first-order chi connectivity index (χ1) is 6.69. The molecule has 0 radical (unpaired) electrons.